The molecule has 2 fully saturated rings. The first-order valence-corrected chi connectivity index (χ1v) is 13.6. The Hall–Kier alpha value is -2.50. The van der Waals surface area contributed by atoms with Crippen molar-refractivity contribution in [1.29, 1.82) is 0 Å². The predicted octanol–water partition coefficient (Wildman–Crippen LogP) is 2.84. The quantitative estimate of drug-likeness (QED) is 0.612. The summed E-state index contributed by atoms with van der Waals surface area (Å²) < 4.78 is 32.9. The molecule has 3 aliphatic rings. The van der Waals surface area contributed by atoms with Gasteiger partial charge >= 0.3 is 0 Å². The molecular weight excluding hydrogens is 454 g/mol. The molecule has 34 heavy (non-hydrogen) atoms. The van der Waals surface area contributed by atoms with E-state index < -0.39 is 10.0 Å². The number of nitrogens with one attached hydrogen (secondary N) is 2. The van der Waals surface area contributed by atoms with E-state index in [1.54, 1.807) is 6.92 Å². The summed E-state index contributed by atoms with van der Waals surface area (Å²) in [5.74, 6) is 2.14. The monoisotopic (exact) mass is 487 g/mol. The lowest BCUT2D eigenvalue weighted by Gasteiger charge is -2.49. The molecule has 2 bridgehead atoms. The lowest BCUT2D eigenvalue weighted by atomic mass is 9.83. The van der Waals surface area contributed by atoms with Crippen LogP contribution in [0.1, 0.15) is 50.4 Å². The van der Waals surface area contributed by atoms with Crippen LogP contribution in [-0.2, 0) is 14.8 Å². The Labute approximate surface area is 200 Å². The van der Waals surface area contributed by atoms with Gasteiger partial charge in [-0.1, -0.05) is 12.5 Å². The van der Waals surface area contributed by atoms with Crippen molar-refractivity contribution in [2.45, 2.75) is 64.1 Å². The molecule has 5 heterocycles. The summed E-state index contributed by atoms with van der Waals surface area (Å²) in [7, 11) is -1.19. The topological polar surface area (TPSA) is 116 Å². The number of aromatic amines is 1. The number of hydrogen-bond acceptors (Lipinski definition) is 8. The molecule has 0 saturated carbocycles. The number of rotatable bonds is 7. The highest BCUT2D eigenvalue weighted by atomic mass is 32.2. The van der Waals surface area contributed by atoms with E-state index in [4.69, 9.17) is 14.7 Å². The fourth-order valence-electron chi connectivity index (χ4n) is 5.39. The smallest absolute Gasteiger partial charge is 0.227 e. The summed E-state index contributed by atoms with van der Waals surface area (Å²) in [6, 6.07) is 4.11. The van der Waals surface area contributed by atoms with Crippen LogP contribution < -0.4 is 10.2 Å². The van der Waals surface area contributed by atoms with E-state index in [-0.39, 0.29) is 23.9 Å². The summed E-state index contributed by atoms with van der Waals surface area (Å²) in [6.45, 7) is 4.79. The average Bonchev–Trinajstić information content (AvgIpc) is 3.49. The van der Waals surface area contributed by atoms with E-state index in [0.717, 1.165) is 49.1 Å². The van der Waals surface area contributed by atoms with Gasteiger partial charge in [-0.25, -0.2) is 13.4 Å². The number of H-pyrrole nitrogens is 1. The van der Waals surface area contributed by atoms with E-state index in [1.165, 1.54) is 0 Å². The Balaban J connectivity index is 1.43. The predicted molar refractivity (Wildman–Crippen MR) is 132 cm³/mol. The standard InChI is InChI=1S/C23H33N7O3S/c1-4-34(31,32)30-17-6-5-7-18(30)12-19(11-17)29(3)23-24-20(16-8-9-33-14-16)13-21(26-23)25-22-10-15(2)27-28-22/h8,10,13,17-19H,4-7,9,11-12,14H2,1-3H3,(H2,24,25,26,27,28)/t17-,18+,19?. The number of fused-ring (bicyclic) bond motifs is 2. The van der Waals surface area contributed by atoms with Crippen molar-refractivity contribution in [3.8, 4) is 0 Å². The van der Waals surface area contributed by atoms with Crippen LogP contribution >= 0.6 is 0 Å². The molecule has 2 aromatic rings. The van der Waals surface area contributed by atoms with Crippen LogP contribution in [0.2, 0.25) is 0 Å². The molecule has 3 aliphatic heterocycles. The van der Waals surface area contributed by atoms with Crippen molar-refractivity contribution in [1.82, 2.24) is 24.5 Å². The maximum Gasteiger partial charge on any atom is 0.227 e. The number of nitrogens with zero attached hydrogens (tertiary/aromatic N) is 5. The number of sulfonamides is 1. The van der Waals surface area contributed by atoms with Crippen LogP contribution in [0.3, 0.4) is 0 Å². The first-order valence-electron chi connectivity index (χ1n) is 12.0. The third kappa shape index (κ3) is 4.56. The molecule has 184 valence electrons. The van der Waals surface area contributed by atoms with E-state index in [1.807, 2.05) is 36.5 Å². The molecule has 11 heteroatoms. The highest BCUT2D eigenvalue weighted by Gasteiger charge is 2.45. The Morgan fingerprint density at radius 1 is 1.21 bits per heavy atom. The molecule has 0 aliphatic carbocycles. The van der Waals surface area contributed by atoms with Gasteiger partial charge in [0.25, 0.3) is 0 Å². The highest BCUT2D eigenvalue weighted by molar-refractivity contribution is 7.89. The minimum Gasteiger partial charge on any atom is -0.373 e. The van der Waals surface area contributed by atoms with E-state index >= 15 is 0 Å². The average molecular weight is 488 g/mol. The van der Waals surface area contributed by atoms with Crippen LogP contribution in [0.25, 0.3) is 5.57 Å². The number of hydrogen-bond donors (Lipinski definition) is 2. The van der Waals surface area contributed by atoms with Crippen molar-refractivity contribution in [3.63, 3.8) is 0 Å². The normalized spacial score (nSPS) is 25.3. The lowest BCUT2D eigenvalue weighted by Crippen LogP contribution is -2.58. The zero-order valence-corrected chi connectivity index (χ0v) is 20.8. The Kier molecular flexibility index (Phi) is 6.34. The summed E-state index contributed by atoms with van der Waals surface area (Å²) in [4.78, 5) is 11.8. The Morgan fingerprint density at radius 2 is 1.97 bits per heavy atom. The minimum absolute atomic E-state index is 0.0450. The number of piperidine rings is 2. The maximum absolute atomic E-state index is 12.8. The molecule has 3 atom stereocenters. The van der Waals surface area contributed by atoms with Gasteiger partial charge in [0.2, 0.25) is 16.0 Å². The first kappa shape index (κ1) is 23.3. The summed E-state index contributed by atoms with van der Waals surface area (Å²) in [5, 5.41) is 10.5. The number of aryl methyl sites for hydroxylation is 1. The molecule has 1 unspecified atom stereocenters. The first-order chi connectivity index (χ1) is 16.3. The van der Waals surface area contributed by atoms with Gasteiger partial charge in [-0.2, -0.15) is 14.4 Å². The van der Waals surface area contributed by atoms with Crippen LogP contribution in [0.5, 0.6) is 0 Å². The molecular formula is C23H33N7O3S. The van der Waals surface area contributed by atoms with Gasteiger partial charge in [-0.15, -0.1) is 0 Å². The number of ether oxygens (including phenoxy) is 1. The van der Waals surface area contributed by atoms with Crippen LogP contribution in [-0.4, -0.2) is 77.0 Å². The van der Waals surface area contributed by atoms with Gasteiger partial charge in [0, 0.05) is 48.6 Å². The molecule has 0 aromatic carbocycles. The van der Waals surface area contributed by atoms with Gasteiger partial charge in [-0.3, -0.25) is 5.10 Å². The second-order valence-electron chi connectivity index (χ2n) is 9.45. The molecule has 2 N–H and O–H groups in total. The third-order valence-electron chi connectivity index (χ3n) is 7.14. The lowest BCUT2D eigenvalue weighted by molar-refractivity contribution is 0.109. The molecule has 0 radical (unpaired) electrons. The van der Waals surface area contributed by atoms with Crippen molar-refractivity contribution in [2.24, 2.45) is 0 Å². The van der Waals surface area contributed by atoms with Gasteiger partial charge in [0.15, 0.2) is 5.82 Å². The maximum atomic E-state index is 12.8. The second kappa shape index (κ2) is 9.27. The van der Waals surface area contributed by atoms with Crippen molar-refractivity contribution in [3.05, 3.63) is 29.6 Å². The zero-order chi connectivity index (χ0) is 23.9. The largest absolute Gasteiger partial charge is 0.373 e. The van der Waals surface area contributed by atoms with Gasteiger partial charge in [0.1, 0.15) is 5.82 Å². The van der Waals surface area contributed by atoms with Crippen LogP contribution in [0.4, 0.5) is 17.6 Å². The fraction of sp³-hybridized carbons (Fsp3) is 0.609. The fourth-order valence-corrected chi connectivity index (χ4v) is 6.98. The van der Waals surface area contributed by atoms with Crippen molar-refractivity contribution < 1.29 is 13.2 Å². The molecule has 2 aromatic heterocycles. The van der Waals surface area contributed by atoms with Gasteiger partial charge in [0.05, 0.1) is 24.7 Å². The van der Waals surface area contributed by atoms with Crippen LogP contribution in [0, 0.1) is 6.92 Å². The van der Waals surface area contributed by atoms with Gasteiger partial charge < -0.3 is 15.0 Å². The summed E-state index contributed by atoms with van der Waals surface area (Å²) in [6.07, 6.45) is 6.53. The molecule has 2 saturated heterocycles. The molecule has 0 amide bonds. The van der Waals surface area contributed by atoms with Crippen LogP contribution in [0.15, 0.2) is 18.2 Å². The SMILES string of the molecule is CCS(=O)(=O)N1[C@@H]2CCC[C@H]1CC(N(C)c1nc(Nc3cc(C)[nH]n3)cc(C3=CCOC3)n1)C2. The molecule has 5 rings (SSSR count). The summed E-state index contributed by atoms with van der Waals surface area (Å²) >= 11 is 0. The Bertz CT molecular complexity index is 1160. The summed E-state index contributed by atoms with van der Waals surface area (Å²) in [5.41, 5.74) is 2.83. The number of aromatic nitrogens is 4. The van der Waals surface area contributed by atoms with E-state index in [0.29, 0.717) is 30.8 Å². The number of anilines is 3. The van der Waals surface area contributed by atoms with E-state index in [9.17, 15) is 8.42 Å². The minimum atomic E-state index is -3.21. The molecule has 10 nitrogen and oxygen atoms in total. The Morgan fingerprint density at radius 3 is 2.59 bits per heavy atom. The highest BCUT2D eigenvalue weighted by Crippen LogP contribution is 2.38. The second-order valence-corrected chi connectivity index (χ2v) is 11.6. The zero-order valence-electron chi connectivity index (χ0n) is 20.0. The van der Waals surface area contributed by atoms with Gasteiger partial charge in [-0.05, 0) is 39.5 Å². The van der Waals surface area contributed by atoms with E-state index in [2.05, 4.69) is 20.4 Å². The van der Waals surface area contributed by atoms with Crippen molar-refractivity contribution in [2.75, 3.05) is 36.2 Å². The third-order valence-corrected chi connectivity index (χ3v) is 9.11. The van der Waals surface area contributed by atoms with Crippen molar-refractivity contribution >= 4 is 33.2 Å². The molecule has 0 spiro atoms.